The lowest BCUT2D eigenvalue weighted by Crippen LogP contribution is -2.10. The SMILES string of the molecule is CCOc1cccc(OC(F)F)c1CC(=O)CCl. The Morgan fingerprint density at radius 2 is 2.06 bits per heavy atom. The van der Waals surface area contributed by atoms with E-state index in [-0.39, 0.29) is 23.8 Å². The van der Waals surface area contributed by atoms with Gasteiger partial charge in [-0.1, -0.05) is 6.07 Å². The molecule has 0 radical (unpaired) electrons. The Bertz CT molecular complexity index is 410. The summed E-state index contributed by atoms with van der Waals surface area (Å²) in [7, 11) is 0. The third-order valence-electron chi connectivity index (χ3n) is 2.13. The molecular weight excluding hydrogens is 266 g/mol. The van der Waals surface area contributed by atoms with Gasteiger partial charge in [0.05, 0.1) is 12.5 Å². The van der Waals surface area contributed by atoms with Crippen LogP contribution in [0.1, 0.15) is 12.5 Å². The second kappa shape index (κ2) is 7.16. The van der Waals surface area contributed by atoms with Crippen LogP contribution in [0.15, 0.2) is 18.2 Å². The quantitative estimate of drug-likeness (QED) is 0.719. The maximum atomic E-state index is 12.3. The zero-order valence-corrected chi connectivity index (χ0v) is 10.5. The van der Waals surface area contributed by atoms with Gasteiger partial charge in [0.15, 0.2) is 5.78 Å². The second-order valence-corrected chi connectivity index (χ2v) is 3.66. The fraction of sp³-hybridized carbons (Fsp3) is 0.417. The molecular formula is C12H13ClF2O3. The molecule has 1 rings (SSSR count). The van der Waals surface area contributed by atoms with Crippen molar-refractivity contribution in [2.45, 2.75) is 20.0 Å². The van der Waals surface area contributed by atoms with Crippen LogP contribution in [0.5, 0.6) is 11.5 Å². The zero-order chi connectivity index (χ0) is 13.5. The van der Waals surface area contributed by atoms with Crippen LogP contribution in [0.25, 0.3) is 0 Å². The summed E-state index contributed by atoms with van der Waals surface area (Å²) in [6.45, 7) is -0.833. The molecule has 0 fully saturated rings. The van der Waals surface area contributed by atoms with Crippen LogP contribution in [0, 0.1) is 0 Å². The molecule has 0 saturated carbocycles. The summed E-state index contributed by atoms with van der Waals surface area (Å²) >= 11 is 5.41. The fourth-order valence-corrected chi connectivity index (χ4v) is 1.56. The van der Waals surface area contributed by atoms with Crippen LogP contribution < -0.4 is 9.47 Å². The molecule has 0 aliphatic heterocycles. The molecule has 0 atom stereocenters. The third-order valence-corrected chi connectivity index (χ3v) is 2.43. The number of ketones is 1. The van der Waals surface area contributed by atoms with Gasteiger partial charge in [-0.25, -0.2) is 0 Å². The number of carbonyl (C=O) groups excluding carboxylic acids is 1. The van der Waals surface area contributed by atoms with Crippen molar-refractivity contribution in [3.63, 3.8) is 0 Å². The Labute approximate surface area is 109 Å². The minimum absolute atomic E-state index is 0.0607. The first-order valence-corrected chi connectivity index (χ1v) is 5.89. The van der Waals surface area contributed by atoms with Gasteiger partial charge in [0.25, 0.3) is 0 Å². The van der Waals surface area contributed by atoms with E-state index >= 15 is 0 Å². The van der Waals surface area contributed by atoms with E-state index < -0.39 is 6.61 Å². The van der Waals surface area contributed by atoms with E-state index in [1.54, 1.807) is 13.0 Å². The number of halogens is 3. The number of hydrogen-bond acceptors (Lipinski definition) is 3. The topological polar surface area (TPSA) is 35.5 Å². The predicted molar refractivity (Wildman–Crippen MR) is 63.7 cm³/mol. The lowest BCUT2D eigenvalue weighted by Gasteiger charge is -2.14. The minimum Gasteiger partial charge on any atom is -0.493 e. The maximum absolute atomic E-state index is 12.3. The Morgan fingerprint density at radius 1 is 1.39 bits per heavy atom. The Balaban J connectivity index is 3.07. The second-order valence-electron chi connectivity index (χ2n) is 3.39. The van der Waals surface area contributed by atoms with E-state index in [4.69, 9.17) is 16.3 Å². The molecule has 0 bridgehead atoms. The number of alkyl halides is 3. The van der Waals surface area contributed by atoms with Gasteiger partial charge in [-0.05, 0) is 19.1 Å². The normalized spacial score (nSPS) is 10.5. The van der Waals surface area contributed by atoms with Gasteiger partial charge < -0.3 is 9.47 Å². The largest absolute Gasteiger partial charge is 0.493 e. The number of Topliss-reactive ketones (excluding diaryl/α,β-unsaturated/α-hetero) is 1. The van der Waals surface area contributed by atoms with Crippen molar-refractivity contribution in [3.05, 3.63) is 23.8 Å². The van der Waals surface area contributed by atoms with Crippen molar-refractivity contribution < 1.29 is 23.0 Å². The summed E-state index contributed by atoms with van der Waals surface area (Å²) in [4.78, 5) is 11.3. The molecule has 1 aromatic carbocycles. The van der Waals surface area contributed by atoms with E-state index in [1.165, 1.54) is 12.1 Å². The van der Waals surface area contributed by atoms with E-state index in [9.17, 15) is 13.6 Å². The molecule has 0 spiro atoms. The van der Waals surface area contributed by atoms with E-state index in [0.29, 0.717) is 17.9 Å². The molecule has 1 aromatic rings. The van der Waals surface area contributed by atoms with Gasteiger partial charge in [0, 0.05) is 12.0 Å². The molecule has 6 heteroatoms. The molecule has 0 amide bonds. The first kappa shape index (κ1) is 14.7. The molecule has 18 heavy (non-hydrogen) atoms. The first-order chi connectivity index (χ1) is 8.58. The van der Waals surface area contributed by atoms with Gasteiger partial charge in [-0.15, -0.1) is 11.6 Å². The minimum atomic E-state index is -2.95. The average molecular weight is 279 g/mol. The molecule has 3 nitrogen and oxygen atoms in total. The maximum Gasteiger partial charge on any atom is 0.387 e. The van der Waals surface area contributed by atoms with Crippen LogP contribution in [0.2, 0.25) is 0 Å². The number of ether oxygens (including phenoxy) is 2. The van der Waals surface area contributed by atoms with Crippen molar-refractivity contribution in [2.75, 3.05) is 12.5 Å². The van der Waals surface area contributed by atoms with Crippen molar-refractivity contribution >= 4 is 17.4 Å². The molecule has 0 saturated heterocycles. The molecule has 0 unspecified atom stereocenters. The monoisotopic (exact) mass is 278 g/mol. The van der Waals surface area contributed by atoms with Gasteiger partial charge in [-0.2, -0.15) is 8.78 Å². The zero-order valence-electron chi connectivity index (χ0n) is 9.79. The van der Waals surface area contributed by atoms with E-state index in [0.717, 1.165) is 0 Å². The molecule has 100 valence electrons. The number of carbonyl (C=O) groups is 1. The van der Waals surface area contributed by atoms with E-state index in [1.807, 2.05) is 0 Å². The standard InChI is InChI=1S/C12H13ClF2O3/c1-2-17-10-4-3-5-11(18-12(14)15)9(10)6-8(16)7-13/h3-5,12H,2,6-7H2,1H3. The summed E-state index contributed by atoms with van der Waals surface area (Å²) in [6, 6.07) is 4.49. The van der Waals surface area contributed by atoms with Crippen molar-refractivity contribution in [1.82, 2.24) is 0 Å². The van der Waals surface area contributed by atoms with Gasteiger partial charge in [0.1, 0.15) is 11.5 Å². The predicted octanol–water partition coefficient (Wildman–Crippen LogP) is 3.04. The summed E-state index contributed by atoms with van der Waals surface area (Å²) in [5.41, 5.74) is 0.297. The lowest BCUT2D eigenvalue weighted by atomic mass is 10.1. The van der Waals surface area contributed by atoms with Crippen molar-refractivity contribution in [1.29, 1.82) is 0 Å². The summed E-state index contributed by atoms with van der Waals surface area (Å²) < 4.78 is 34.2. The lowest BCUT2D eigenvalue weighted by molar-refractivity contribution is -0.116. The van der Waals surface area contributed by atoms with Crippen LogP contribution in [-0.4, -0.2) is 24.9 Å². The number of benzene rings is 1. The third kappa shape index (κ3) is 4.14. The van der Waals surface area contributed by atoms with Gasteiger partial charge in [-0.3, -0.25) is 4.79 Å². The van der Waals surface area contributed by atoms with Gasteiger partial charge in [0.2, 0.25) is 0 Å². The highest BCUT2D eigenvalue weighted by molar-refractivity contribution is 6.27. The highest BCUT2D eigenvalue weighted by Crippen LogP contribution is 2.30. The molecule has 0 N–H and O–H groups in total. The van der Waals surface area contributed by atoms with Crippen molar-refractivity contribution in [3.8, 4) is 11.5 Å². The summed E-state index contributed by atoms with van der Waals surface area (Å²) in [5, 5.41) is 0. The Kier molecular flexibility index (Phi) is 5.85. The highest BCUT2D eigenvalue weighted by atomic mass is 35.5. The van der Waals surface area contributed by atoms with Crippen LogP contribution in [0.4, 0.5) is 8.78 Å². The fourth-order valence-electron chi connectivity index (χ4n) is 1.46. The van der Waals surface area contributed by atoms with Gasteiger partial charge >= 0.3 is 6.61 Å². The molecule has 0 aliphatic rings. The highest BCUT2D eigenvalue weighted by Gasteiger charge is 2.16. The van der Waals surface area contributed by atoms with Crippen LogP contribution in [-0.2, 0) is 11.2 Å². The smallest absolute Gasteiger partial charge is 0.387 e. The van der Waals surface area contributed by atoms with Crippen LogP contribution in [0.3, 0.4) is 0 Å². The summed E-state index contributed by atoms with van der Waals surface area (Å²) in [6.07, 6.45) is -0.0955. The molecule has 0 heterocycles. The average Bonchev–Trinajstić information content (AvgIpc) is 2.32. The Morgan fingerprint density at radius 3 is 2.61 bits per heavy atom. The summed E-state index contributed by atoms with van der Waals surface area (Å²) in [5.74, 6) is -0.180. The number of rotatable bonds is 7. The Hall–Kier alpha value is -1.36. The first-order valence-electron chi connectivity index (χ1n) is 5.35. The van der Waals surface area contributed by atoms with E-state index in [2.05, 4.69) is 4.74 Å². The molecule has 0 aliphatic carbocycles. The van der Waals surface area contributed by atoms with Crippen LogP contribution >= 0.6 is 11.6 Å². The molecule has 0 aromatic heterocycles. The van der Waals surface area contributed by atoms with Crippen molar-refractivity contribution in [2.24, 2.45) is 0 Å². The number of hydrogen-bond donors (Lipinski definition) is 0.